The van der Waals surface area contributed by atoms with Crippen LogP contribution in [-0.4, -0.2) is 30.6 Å². The number of nitrogens with one attached hydrogen (secondary N) is 1. The number of hydrogen-bond donors (Lipinski definition) is 1. The van der Waals surface area contributed by atoms with Gasteiger partial charge in [-0.1, -0.05) is 17.7 Å². The Morgan fingerprint density at radius 3 is 2.62 bits per heavy atom. The highest BCUT2D eigenvalue weighted by atomic mass is 35.5. The average molecular weight is 311 g/mol. The predicted octanol–water partition coefficient (Wildman–Crippen LogP) is 4.00. The van der Waals surface area contributed by atoms with Gasteiger partial charge in [0, 0.05) is 18.6 Å². The maximum Gasteiger partial charge on any atom is 0.141 e. The molecule has 0 amide bonds. The van der Waals surface area contributed by atoms with Gasteiger partial charge in [-0.15, -0.1) is 0 Å². The van der Waals surface area contributed by atoms with E-state index in [9.17, 15) is 4.39 Å². The Morgan fingerprint density at radius 1 is 1.29 bits per heavy atom. The van der Waals surface area contributed by atoms with Gasteiger partial charge >= 0.3 is 0 Å². The molecule has 1 heterocycles. The van der Waals surface area contributed by atoms with Crippen LogP contribution in [-0.2, 0) is 0 Å². The van der Waals surface area contributed by atoms with Crippen molar-refractivity contribution in [3.63, 3.8) is 0 Å². The molecule has 3 rings (SSSR count). The number of rotatable bonds is 5. The van der Waals surface area contributed by atoms with Gasteiger partial charge in [-0.3, -0.25) is 4.90 Å². The molecule has 0 radical (unpaired) electrons. The molecule has 1 saturated heterocycles. The fraction of sp³-hybridized carbons (Fsp3) is 0.647. The minimum atomic E-state index is -0.330. The summed E-state index contributed by atoms with van der Waals surface area (Å²) < 4.78 is 13.4. The van der Waals surface area contributed by atoms with Gasteiger partial charge in [0.1, 0.15) is 5.82 Å². The third-order valence-electron chi connectivity index (χ3n) is 4.87. The summed E-state index contributed by atoms with van der Waals surface area (Å²) in [6, 6.07) is 6.18. The van der Waals surface area contributed by atoms with Crippen molar-refractivity contribution >= 4 is 11.6 Å². The Labute approximate surface area is 131 Å². The lowest BCUT2D eigenvalue weighted by atomic mass is 9.96. The van der Waals surface area contributed by atoms with Gasteiger partial charge in [-0.25, -0.2) is 4.39 Å². The van der Waals surface area contributed by atoms with Crippen LogP contribution in [0.1, 0.15) is 44.2 Å². The number of halogens is 2. The van der Waals surface area contributed by atoms with Crippen LogP contribution in [0.2, 0.25) is 5.02 Å². The fourth-order valence-electron chi connectivity index (χ4n) is 3.36. The molecule has 1 N–H and O–H groups in total. The van der Waals surface area contributed by atoms with E-state index in [4.69, 9.17) is 11.6 Å². The predicted molar refractivity (Wildman–Crippen MR) is 85.1 cm³/mol. The summed E-state index contributed by atoms with van der Waals surface area (Å²) >= 11 is 5.95. The first-order chi connectivity index (χ1) is 10.1. The van der Waals surface area contributed by atoms with E-state index in [2.05, 4.69) is 17.1 Å². The summed E-state index contributed by atoms with van der Waals surface area (Å²) in [6.45, 7) is 5.66. The third-order valence-corrected chi connectivity index (χ3v) is 5.16. The van der Waals surface area contributed by atoms with Crippen molar-refractivity contribution in [2.75, 3.05) is 19.6 Å². The van der Waals surface area contributed by atoms with E-state index >= 15 is 0 Å². The zero-order valence-corrected chi connectivity index (χ0v) is 13.4. The van der Waals surface area contributed by atoms with E-state index in [1.165, 1.54) is 31.7 Å². The Hall–Kier alpha value is -0.640. The molecule has 2 aliphatic rings. The van der Waals surface area contributed by atoms with Gasteiger partial charge in [0.25, 0.3) is 0 Å². The number of nitrogens with zero attached hydrogens (tertiary/aromatic N) is 1. The maximum absolute atomic E-state index is 13.4. The summed E-state index contributed by atoms with van der Waals surface area (Å²) in [7, 11) is 0. The molecule has 1 saturated carbocycles. The van der Waals surface area contributed by atoms with Gasteiger partial charge < -0.3 is 5.32 Å². The van der Waals surface area contributed by atoms with Crippen molar-refractivity contribution in [1.29, 1.82) is 0 Å². The number of hydrogen-bond acceptors (Lipinski definition) is 2. The first-order valence-corrected chi connectivity index (χ1v) is 8.44. The fourth-order valence-corrected chi connectivity index (χ4v) is 3.54. The van der Waals surface area contributed by atoms with Crippen LogP contribution in [0, 0.1) is 11.7 Å². The van der Waals surface area contributed by atoms with E-state index in [-0.39, 0.29) is 10.8 Å². The topological polar surface area (TPSA) is 15.3 Å². The molecule has 1 aliphatic carbocycles. The van der Waals surface area contributed by atoms with Crippen LogP contribution < -0.4 is 5.32 Å². The van der Waals surface area contributed by atoms with Crippen molar-refractivity contribution < 1.29 is 4.39 Å². The van der Waals surface area contributed by atoms with Gasteiger partial charge in [0.15, 0.2) is 0 Å². The van der Waals surface area contributed by atoms with Crippen LogP contribution in [0.25, 0.3) is 0 Å². The van der Waals surface area contributed by atoms with Gasteiger partial charge in [-0.05, 0) is 69.3 Å². The Kier molecular flexibility index (Phi) is 4.82. The van der Waals surface area contributed by atoms with Crippen LogP contribution in [0.3, 0.4) is 0 Å². The molecule has 0 spiro atoms. The molecule has 116 valence electrons. The average Bonchev–Trinajstić information content (AvgIpc) is 3.33. The zero-order chi connectivity index (χ0) is 14.8. The van der Waals surface area contributed by atoms with E-state index in [0.29, 0.717) is 12.1 Å². The Balaban J connectivity index is 1.71. The molecule has 4 heteroatoms. The zero-order valence-electron chi connectivity index (χ0n) is 12.6. The highest BCUT2D eigenvalue weighted by Gasteiger charge is 2.34. The standard InChI is InChI=1S/C17H24ClFN2/c1-12(14-2-5-17(19)16(18)10-14)21(15-3-4-15)11-13-6-8-20-9-7-13/h2,5,10,12-13,15,20H,3-4,6-9,11H2,1H3. The van der Waals surface area contributed by atoms with Crippen molar-refractivity contribution in [2.45, 2.75) is 44.7 Å². The van der Waals surface area contributed by atoms with Gasteiger partial charge in [0.05, 0.1) is 5.02 Å². The lowest BCUT2D eigenvalue weighted by molar-refractivity contribution is 0.152. The van der Waals surface area contributed by atoms with Crippen LogP contribution in [0.15, 0.2) is 18.2 Å². The smallest absolute Gasteiger partial charge is 0.141 e. The second kappa shape index (κ2) is 6.64. The number of piperidine rings is 1. The highest BCUT2D eigenvalue weighted by molar-refractivity contribution is 6.30. The second-order valence-electron chi connectivity index (χ2n) is 6.47. The van der Waals surface area contributed by atoms with E-state index in [1.807, 2.05) is 6.07 Å². The molecule has 1 atom stereocenters. The van der Waals surface area contributed by atoms with Crippen molar-refractivity contribution in [3.8, 4) is 0 Å². The highest BCUT2D eigenvalue weighted by Crippen LogP contribution is 2.36. The number of benzene rings is 1. The van der Waals surface area contributed by atoms with E-state index in [1.54, 1.807) is 6.07 Å². The lowest BCUT2D eigenvalue weighted by Gasteiger charge is -2.34. The molecular weight excluding hydrogens is 287 g/mol. The van der Waals surface area contributed by atoms with Gasteiger partial charge in [0.2, 0.25) is 0 Å². The lowest BCUT2D eigenvalue weighted by Crippen LogP contribution is -2.38. The molecule has 2 fully saturated rings. The van der Waals surface area contributed by atoms with E-state index in [0.717, 1.165) is 31.1 Å². The Bertz CT molecular complexity index is 484. The molecule has 1 aromatic rings. The summed E-state index contributed by atoms with van der Waals surface area (Å²) in [5.41, 5.74) is 1.13. The van der Waals surface area contributed by atoms with E-state index < -0.39 is 0 Å². The second-order valence-corrected chi connectivity index (χ2v) is 6.88. The normalized spacial score (nSPS) is 21.7. The van der Waals surface area contributed by atoms with Crippen LogP contribution >= 0.6 is 11.6 Å². The molecule has 1 aromatic carbocycles. The van der Waals surface area contributed by atoms with Gasteiger partial charge in [-0.2, -0.15) is 0 Å². The molecule has 21 heavy (non-hydrogen) atoms. The summed E-state index contributed by atoms with van der Waals surface area (Å²) in [6.07, 6.45) is 5.12. The quantitative estimate of drug-likeness (QED) is 0.884. The minimum absolute atomic E-state index is 0.233. The van der Waals surface area contributed by atoms with Crippen molar-refractivity contribution in [3.05, 3.63) is 34.6 Å². The molecule has 2 nitrogen and oxygen atoms in total. The van der Waals surface area contributed by atoms with Crippen molar-refractivity contribution in [1.82, 2.24) is 10.2 Å². The third kappa shape index (κ3) is 3.77. The maximum atomic E-state index is 13.4. The SMILES string of the molecule is CC(c1ccc(F)c(Cl)c1)N(CC1CCNCC1)C1CC1. The largest absolute Gasteiger partial charge is 0.317 e. The molecular formula is C17H24ClFN2. The summed E-state index contributed by atoms with van der Waals surface area (Å²) in [4.78, 5) is 2.61. The van der Waals surface area contributed by atoms with Crippen LogP contribution in [0.5, 0.6) is 0 Å². The molecule has 1 aliphatic heterocycles. The monoisotopic (exact) mass is 310 g/mol. The van der Waals surface area contributed by atoms with Crippen LogP contribution in [0.4, 0.5) is 4.39 Å². The Morgan fingerprint density at radius 2 is 2.00 bits per heavy atom. The summed E-state index contributed by atoms with van der Waals surface area (Å²) in [5, 5.41) is 3.66. The van der Waals surface area contributed by atoms with Crippen molar-refractivity contribution in [2.24, 2.45) is 5.92 Å². The molecule has 1 unspecified atom stereocenters. The molecule has 0 bridgehead atoms. The minimum Gasteiger partial charge on any atom is -0.317 e. The summed E-state index contributed by atoms with van der Waals surface area (Å²) in [5.74, 6) is 0.453. The molecule has 0 aromatic heterocycles. The first-order valence-electron chi connectivity index (χ1n) is 8.06. The first kappa shape index (κ1) is 15.3.